The van der Waals surface area contributed by atoms with Gasteiger partial charge in [0.15, 0.2) is 0 Å². The molecule has 1 aliphatic heterocycles. The Labute approximate surface area is 122 Å². The lowest BCUT2D eigenvalue weighted by Gasteiger charge is -2.27. The lowest BCUT2D eigenvalue weighted by molar-refractivity contribution is 0.246. The van der Waals surface area contributed by atoms with Crippen molar-refractivity contribution in [3.63, 3.8) is 0 Å². The smallest absolute Gasteiger partial charge is 0.244 e. The Bertz CT molecular complexity index is 586. The summed E-state index contributed by atoms with van der Waals surface area (Å²) in [4.78, 5) is 8.65. The predicted octanol–water partition coefficient (Wildman–Crippen LogP) is 3.24. The van der Waals surface area contributed by atoms with Crippen molar-refractivity contribution >= 4 is 11.6 Å². The average molecular weight is 293 g/mol. The van der Waals surface area contributed by atoms with Crippen LogP contribution in [0.4, 0.5) is 0 Å². The molecular weight excluding hydrogens is 276 g/mol. The Morgan fingerprint density at radius 1 is 1.50 bits per heavy atom. The van der Waals surface area contributed by atoms with Gasteiger partial charge in [-0.1, -0.05) is 30.1 Å². The summed E-state index contributed by atoms with van der Waals surface area (Å²) < 4.78 is 5.38. The number of piperidine rings is 1. The van der Waals surface area contributed by atoms with Crippen molar-refractivity contribution in [2.75, 3.05) is 6.54 Å². The van der Waals surface area contributed by atoms with E-state index in [1.807, 2.05) is 0 Å². The molecule has 2 aromatic heterocycles. The summed E-state index contributed by atoms with van der Waals surface area (Å²) in [7, 11) is 0. The zero-order valence-electron chi connectivity index (χ0n) is 11.3. The number of rotatable bonds is 3. The van der Waals surface area contributed by atoms with Crippen molar-refractivity contribution < 1.29 is 4.52 Å². The molecule has 1 aliphatic rings. The Morgan fingerprint density at radius 3 is 3.20 bits per heavy atom. The van der Waals surface area contributed by atoms with Crippen LogP contribution in [0.1, 0.15) is 38.1 Å². The SMILES string of the molecule is CCC1CCNC(c2nc(-c3ncccc3Cl)no2)C1. The van der Waals surface area contributed by atoms with Crippen molar-refractivity contribution in [3.8, 4) is 11.5 Å². The Morgan fingerprint density at radius 2 is 2.40 bits per heavy atom. The third-order valence-electron chi connectivity index (χ3n) is 3.80. The monoisotopic (exact) mass is 292 g/mol. The summed E-state index contributed by atoms with van der Waals surface area (Å²) in [6, 6.07) is 3.69. The fourth-order valence-corrected chi connectivity index (χ4v) is 2.78. The summed E-state index contributed by atoms with van der Waals surface area (Å²) in [5.74, 6) is 1.79. The van der Waals surface area contributed by atoms with E-state index >= 15 is 0 Å². The van der Waals surface area contributed by atoms with Gasteiger partial charge in [0.05, 0.1) is 11.1 Å². The Balaban J connectivity index is 1.82. The summed E-state index contributed by atoms with van der Waals surface area (Å²) in [5, 5.41) is 7.96. The number of nitrogens with zero attached hydrogens (tertiary/aromatic N) is 3. The number of hydrogen-bond donors (Lipinski definition) is 1. The number of halogens is 1. The molecule has 106 valence electrons. The van der Waals surface area contributed by atoms with Crippen molar-refractivity contribution in [1.29, 1.82) is 0 Å². The first-order chi connectivity index (χ1) is 9.78. The van der Waals surface area contributed by atoms with E-state index in [0.29, 0.717) is 22.4 Å². The summed E-state index contributed by atoms with van der Waals surface area (Å²) in [6.07, 6.45) is 5.10. The zero-order chi connectivity index (χ0) is 13.9. The van der Waals surface area contributed by atoms with Crippen LogP contribution in [-0.4, -0.2) is 21.7 Å². The van der Waals surface area contributed by atoms with Crippen LogP contribution < -0.4 is 5.32 Å². The first kappa shape index (κ1) is 13.5. The van der Waals surface area contributed by atoms with Crippen LogP contribution in [-0.2, 0) is 0 Å². The minimum Gasteiger partial charge on any atom is -0.337 e. The fraction of sp³-hybridized carbons (Fsp3) is 0.500. The molecule has 2 aromatic rings. The highest BCUT2D eigenvalue weighted by molar-refractivity contribution is 6.32. The van der Waals surface area contributed by atoms with Crippen LogP contribution in [0.15, 0.2) is 22.9 Å². The van der Waals surface area contributed by atoms with E-state index < -0.39 is 0 Å². The van der Waals surface area contributed by atoms with Crippen LogP contribution in [0, 0.1) is 5.92 Å². The molecule has 0 saturated carbocycles. The first-order valence-corrected chi connectivity index (χ1v) is 7.33. The Kier molecular flexibility index (Phi) is 3.98. The second kappa shape index (κ2) is 5.89. The molecule has 0 spiro atoms. The van der Waals surface area contributed by atoms with Crippen LogP contribution in [0.25, 0.3) is 11.5 Å². The van der Waals surface area contributed by atoms with E-state index in [2.05, 4.69) is 27.4 Å². The van der Waals surface area contributed by atoms with Crippen LogP contribution >= 0.6 is 11.6 Å². The lowest BCUT2D eigenvalue weighted by Crippen LogP contribution is -2.31. The molecule has 0 amide bonds. The van der Waals surface area contributed by atoms with Crippen LogP contribution in [0.2, 0.25) is 5.02 Å². The fourth-order valence-electron chi connectivity index (χ4n) is 2.58. The van der Waals surface area contributed by atoms with E-state index in [-0.39, 0.29) is 6.04 Å². The van der Waals surface area contributed by atoms with Gasteiger partial charge in [-0.2, -0.15) is 4.98 Å². The topological polar surface area (TPSA) is 63.8 Å². The quantitative estimate of drug-likeness (QED) is 0.941. The molecule has 5 nitrogen and oxygen atoms in total. The second-order valence-electron chi connectivity index (χ2n) is 5.10. The van der Waals surface area contributed by atoms with Gasteiger partial charge in [0.2, 0.25) is 11.7 Å². The van der Waals surface area contributed by atoms with Crippen molar-refractivity contribution in [2.45, 2.75) is 32.2 Å². The Hall–Kier alpha value is -1.46. The van der Waals surface area contributed by atoms with E-state index in [9.17, 15) is 0 Å². The molecule has 1 N–H and O–H groups in total. The van der Waals surface area contributed by atoms with Gasteiger partial charge in [0.25, 0.3) is 0 Å². The summed E-state index contributed by atoms with van der Waals surface area (Å²) in [6.45, 7) is 3.21. The van der Waals surface area contributed by atoms with Gasteiger partial charge in [0, 0.05) is 6.20 Å². The van der Waals surface area contributed by atoms with Crippen LogP contribution in [0.5, 0.6) is 0 Å². The molecule has 1 saturated heterocycles. The molecule has 0 radical (unpaired) electrons. The minimum absolute atomic E-state index is 0.137. The third-order valence-corrected chi connectivity index (χ3v) is 4.10. The molecule has 20 heavy (non-hydrogen) atoms. The normalized spacial score (nSPS) is 22.9. The van der Waals surface area contributed by atoms with E-state index in [1.165, 1.54) is 12.8 Å². The standard InChI is InChI=1S/C14H17ClN4O/c1-2-9-5-7-16-11(8-9)14-18-13(19-20-14)12-10(15)4-3-6-17-12/h3-4,6,9,11,16H,2,5,7-8H2,1H3. The van der Waals surface area contributed by atoms with Gasteiger partial charge in [-0.05, 0) is 37.4 Å². The number of pyridine rings is 1. The highest BCUT2D eigenvalue weighted by atomic mass is 35.5. The zero-order valence-corrected chi connectivity index (χ0v) is 12.1. The largest absolute Gasteiger partial charge is 0.337 e. The first-order valence-electron chi connectivity index (χ1n) is 6.95. The van der Waals surface area contributed by atoms with Gasteiger partial charge in [-0.15, -0.1) is 0 Å². The molecule has 6 heteroatoms. The molecule has 0 aromatic carbocycles. The maximum Gasteiger partial charge on any atom is 0.244 e. The second-order valence-corrected chi connectivity index (χ2v) is 5.50. The summed E-state index contributed by atoms with van der Waals surface area (Å²) >= 11 is 6.10. The van der Waals surface area contributed by atoms with Gasteiger partial charge in [-0.25, -0.2) is 0 Å². The van der Waals surface area contributed by atoms with Gasteiger partial charge < -0.3 is 9.84 Å². The number of aromatic nitrogens is 3. The van der Waals surface area contributed by atoms with Crippen molar-refractivity contribution in [2.24, 2.45) is 5.92 Å². The van der Waals surface area contributed by atoms with Gasteiger partial charge in [-0.3, -0.25) is 4.98 Å². The van der Waals surface area contributed by atoms with E-state index in [1.54, 1.807) is 18.3 Å². The highest BCUT2D eigenvalue weighted by Crippen LogP contribution is 2.30. The molecule has 2 unspecified atom stereocenters. The minimum atomic E-state index is 0.137. The maximum atomic E-state index is 6.10. The third kappa shape index (κ3) is 2.69. The average Bonchev–Trinajstić information content (AvgIpc) is 2.97. The van der Waals surface area contributed by atoms with Crippen molar-refractivity contribution in [1.82, 2.24) is 20.4 Å². The predicted molar refractivity (Wildman–Crippen MR) is 76.3 cm³/mol. The maximum absolute atomic E-state index is 6.10. The van der Waals surface area contributed by atoms with Gasteiger partial charge in [0.1, 0.15) is 5.69 Å². The number of nitrogens with one attached hydrogen (secondary N) is 1. The molecule has 3 rings (SSSR count). The molecule has 3 heterocycles. The molecule has 1 fully saturated rings. The molecule has 0 bridgehead atoms. The number of hydrogen-bond acceptors (Lipinski definition) is 5. The van der Waals surface area contributed by atoms with E-state index in [0.717, 1.165) is 18.9 Å². The van der Waals surface area contributed by atoms with Gasteiger partial charge >= 0.3 is 0 Å². The molecular formula is C14H17ClN4O. The van der Waals surface area contributed by atoms with Crippen LogP contribution in [0.3, 0.4) is 0 Å². The molecule has 2 atom stereocenters. The highest BCUT2D eigenvalue weighted by Gasteiger charge is 2.26. The van der Waals surface area contributed by atoms with Crippen molar-refractivity contribution in [3.05, 3.63) is 29.2 Å². The van der Waals surface area contributed by atoms with E-state index in [4.69, 9.17) is 16.1 Å². The molecule has 0 aliphatic carbocycles. The summed E-state index contributed by atoms with van der Waals surface area (Å²) in [5.41, 5.74) is 0.562. The lowest BCUT2D eigenvalue weighted by atomic mass is 9.90.